The molecule has 0 spiro atoms. The minimum Gasteiger partial charge on any atom is -0.349 e. The van der Waals surface area contributed by atoms with E-state index < -0.39 is 0 Å². The minimum atomic E-state index is -0.0219. The van der Waals surface area contributed by atoms with E-state index in [4.69, 9.17) is 0 Å². The van der Waals surface area contributed by atoms with E-state index in [0.29, 0.717) is 5.56 Å². The van der Waals surface area contributed by atoms with Crippen LogP contribution < -0.4 is 10.6 Å². The Morgan fingerprint density at radius 1 is 1.04 bits per heavy atom. The summed E-state index contributed by atoms with van der Waals surface area (Å²) in [5, 5.41) is 9.73. The van der Waals surface area contributed by atoms with Gasteiger partial charge in [0.15, 0.2) is 0 Å². The van der Waals surface area contributed by atoms with Crippen LogP contribution in [-0.4, -0.2) is 30.0 Å². The number of hydrogen-bond donors (Lipinski definition) is 2. The molecule has 0 aliphatic carbocycles. The maximum Gasteiger partial charge on any atom is 0.253 e. The zero-order valence-electron chi connectivity index (χ0n) is 13.7. The molecule has 3 aromatic rings. The smallest absolute Gasteiger partial charge is 0.253 e. The lowest BCUT2D eigenvalue weighted by Gasteiger charge is -2.24. The first-order chi connectivity index (χ1) is 11.3. The van der Waals surface area contributed by atoms with Crippen LogP contribution in [-0.2, 0) is 0 Å². The van der Waals surface area contributed by atoms with Crippen molar-refractivity contribution in [1.29, 1.82) is 0 Å². The molecule has 0 saturated carbocycles. The average Bonchev–Trinajstić information content (AvgIpc) is 2.62. The number of halogens is 2. The Kier molecular flexibility index (Phi) is 6.59. The second-order valence-corrected chi connectivity index (χ2v) is 6.04. The van der Waals surface area contributed by atoms with E-state index in [-0.39, 0.29) is 36.8 Å². The van der Waals surface area contributed by atoms with Crippen molar-refractivity contribution in [3.63, 3.8) is 0 Å². The van der Waals surface area contributed by atoms with Gasteiger partial charge in [-0.25, -0.2) is 0 Å². The first kappa shape index (κ1) is 19.4. The number of amides is 1. The van der Waals surface area contributed by atoms with Gasteiger partial charge in [-0.2, -0.15) is 0 Å². The number of rotatable bonds is 2. The van der Waals surface area contributed by atoms with Crippen molar-refractivity contribution >= 4 is 52.4 Å². The third-order valence-corrected chi connectivity index (χ3v) is 4.53. The predicted octanol–water partition coefficient (Wildman–Crippen LogP) is 3.71. The third kappa shape index (κ3) is 3.87. The minimum absolute atomic E-state index is 0. The van der Waals surface area contributed by atoms with Gasteiger partial charge in [0.2, 0.25) is 0 Å². The fourth-order valence-electron chi connectivity index (χ4n) is 3.33. The van der Waals surface area contributed by atoms with E-state index >= 15 is 0 Å². The summed E-state index contributed by atoms with van der Waals surface area (Å²) in [6, 6.07) is 14.3. The third-order valence-electron chi connectivity index (χ3n) is 4.53. The van der Waals surface area contributed by atoms with Crippen molar-refractivity contribution in [3.05, 3.63) is 54.2 Å². The molecule has 2 aromatic carbocycles. The van der Waals surface area contributed by atoms with Gasteiger partial charge in [-0.3, -0.25) is 9.78 Å². The van der Waals surface area contributed by atoms with Crippen molar-refractivity contribution in [3.8, 4) is 0 Å². The second-order valence-electron chi connectivity index (χ2n) is 6.04. The van der Waals surface area contributed by atoms with Gasteiger partial charge in [0, 0.05) is 17.6 Å². The highest BCUT2D eigenvalue weighted by Crippen LogP contribution is 2.27. The maximum absolute atomic E-state index is 12.8. The van der Waals surface area contributed by atoms with Crippen LogP contribution in [0.5, 0.6) is 0 Å². The summed E-state index contributed by atoms with van der Waals surface area (Å²) in [7, 11) is 0. The summed E-state index contributed by atoms with van der Waals surface area (Å²) in [6.45, 7) is 1.92. The molecule has 1 aromatic heterocycles. The Balaban J connectivity index is 0.00000113. The quantitative estimate of drug-likeness (QED) is 0.669. The Morgan fingerprint density at radius 2 is 1.76 bits per heavy atom. The highest BCUT2D eigenvalue weighted by atomic mass is 35.5. The Bertz CT molecular complexity index is 879. The van der Waals surface area contributed by atoms with Gasteiger partial charge >= 0.3 is 0 Å². The number of aromatic nitrogens is 1. The first-order valence-corrected chi connectivity index (χ1v) is 8.11. The lowest BCUT2D eigenvalue weighted by molar-refractivity contribution is 0.0931. The standard InChI is InChI=1S/C19H19N3O.2ClH/c23-19(22-14-7-10-20-11-8-14)17-12-13-4-1-2-5-15(13)16-6-3-9-21-18(16)17;;/h1-6,9,12,14,20H,7-8,10-11H2,(H,22,23);2*1H. The molecule has 4 nitrogen and oxygen atoms in total. The van der Waals surface area contributed by atoms with Crippen LogP contribution in [0.1, 0.15) is 23.2 Å². The molecule has 0 unspecified atom stereocenters. The summed E-state index contributed by atoms with van der Waals surface area (Å²) in [5.41, 5.74) is 1.44. The summed E-state index contributed by atoms with van der Waals surface area (Å²) < 4.78 is 0. The molecule has 132 valence electrons. The number of fused-ring (bicyclic) bond motifs is 3. The number of pyridine rings is 1. The van der Waals surface area contributed by atoms with Gasteiger partial charge in [-0.05, 0) is 48.8 Å². The Labute approximate surface area is 159 Å². The summed E-state index contributed by atoms with van der Waals surface area (Å²) >= 11 is 0. The molecule has 6 heteroatoms. The fourth-order valence-corrected chi connectivity index (χ4v) is 3.33. The van der Waals surface area contributed by atoms with E-state index in [2.05, 4.69) is 21.7 Å². The lowest BCUT2D eigenvalue weighted by Crippen LogP contribution is -2.42. The molecule has 2 heterocycles. The summed E-state index contributed by atoms with van der Waals surface area (Å²) in [6.07, 6.45) is 3.70. The monoisotopic (exact) mass is 377 g/mol. The zero-order chi connectivity index (χ0) is 15.6. The van der Waals surface area contributed by atoms with Crippen LogP contribution in [0.4, 0.5) is 0 Å². The van der Waals surface area contributed by atoms with Gasteiger partial charge in [0.25, 0.3) is 5.91 Å². The summed E-state index contributed by atoms with van der Waals surface area (Å²) in [5.74, 6) is -0.0219. The van der Waals surface area contributed by atoms with Crippen LogP contribution in [0.25, 0.3) is 21.7 Å². The first-order valence-electron chi connectivity index (χ1n) is 8.11. The molecule has 1 fully saturated rings. The molecule has 0 atom stereocenters. The Morgan fingerprint density at radius 3 is 2.56 bits per heavy atom. The number of benzene rings is 2. The number of carbonyl (C=O) groups is 1. The van der Waals surface area contributed by atoms with Crippen LogP contribution >= 0.6 is 24.8 Å². The fraction of sp³-hybridized carbons (Fsp3) is 0.263. The molecule has 1 saturated heterocycles. The number of nitrogens with one attached hydrogen (secondary N) is 2. The Hall–Kier alpha value is -1.88. The van der Waals surface area contributed by atoms with E-state index in [9.17, 15) is 4.79 Å². The van der Waals surface area contributed by atoms with Crippen molar-refractivity contribution in [1.82, 2.24) is 15.6 Å². The van der Waals surface area contributed by atoms with Crippen molar-refractivity contribution < 1.29 is 4.79 Å². The van der Waals surface area contributed by atoms with Gasteiger partial charge in [0.1, 0.15) is 0 Å². The van der Waals surface area contributed by atoms with Crippen LogP contribution in [0, 0.1) is 0 Å². The molecular weight excluding hydrogens is 357 g/mol. The van der Waals surface area contributed by atoms with E-state index in [1.54, 1.807) is 6.20 Å². The molecule has 4 rings (SSSR count). The number of nitrogens with zero attached hydrogens (tertiary/aromatic N) is 1. The van der Waals surface area contributed by atoms with Gasteiger partial charge in [0.05, 0.1) is 11.1 Å². The lowest BCUT2D eigenvalue weighted by atomic mass is 9.99. The van der Waals surface area contributed by atoms with Crippen molar-refractivity contribution in [2.75, 3.05) is 13.1 Å². The highest BCUT2D eigenvalue weighted by Gasteiger charge is 2.19. The normalized spacial score (nSPS) is 14.6. The molecule has 1 aliphatic heterocycles. The van der Waals surface area contributed by atoms with Crippen LogP contribution in [0.3, 0.4) is 0 Å². The molecule has 1 amide bonds. The predicted molar refractivity (Wildman–Crippen MR) is 107 cm³/mol. The SMILES string of the molecule is Cl.Cl.O=C(NC1CCNCC1)c1cc2ccccc2c2cccnc12. The molecule has 25 heavy (non-hydrogen) atoms. The molecule has 1 aliphatic rings. The van der Waals surface area contributed by atoms with Crippen LogP contribution in [0.2, 0.25) is 0 Å². The maximum atomic E-state index is 12.8. The molecule has 0 bridgehead atoms. The molecule has 2 N–H and O–H groups in total. The largest absolute Gasteiger partial charge is 0.349 e. The zero-order valence-corrected chi connectivity index (χ0v) is 15.3. The van der Waals surface area contributed by atoms with Crippen molar-refractivity contribution in [2.45, 2.75) is 18.9 Å². The number of piperidine rings is 1. The van der Waals surface area contributed by atoms with E-state index in [0.717, 1.165) is 47.6 Å². The molecular formula is C19H21Cl2N3O. The van der Waals surface area contributed by atoms with Crippen LogP contribution in [0.15, 0.2) is 48.7 Å². The number of carbonyl (C=O) groups excluding carboxylic acids is 1. The van der Waals surface area contributed by atoms with E-state index in [1.807, 2.05) is 36.4 Å². The van der Waals surface area contributed by atoms with E-state index in [1.165, 1.54) is 0 Å². The van der Waals surface area contributed by atoms with Crippen molar-refractivity contribution in [2.24, 2.45) is 0 Å². The van der Waals surface area contributed by atoms with Gasteiger partial charge in [-0.1, -0.05) is 30.3 Å². The summed E-state index contributed by atoms with van der Waals surface area (Å²) in [4.78, 5) is 17.3. The van der Waals surface area contributed by atoms with Gasteiger partial charge in [-0.15, -0.1) is 24.8 Å². The highest BCUT2D eigenvalue weighted by molar-refractivity contribution is 6.15. The second kappa shape index (κ2) is 8.48. The number of hydrogen-bond acceptors (Lipinski definition) is 3. The molecule has 0 radical (unpaired) electrons. The average molecular weight is 378 g/mol. The topological polar surface area (TPSA) is 54.0 Å². The van der Waals surface area contributed by atoms with Gasteiger partial charge < -0.3 is 10.6 Å².